The number of nitrogens with zero attached hydrogens (tertiary/aromatic N) is 1. The van der Waals surface area contributed by atoms with E-state index in [4.69, 9.17) is 29.2 Å². The van der Waals surface area contributed by atoms with Gasteiger partial charge < -0.3 is 9.64 Å². The van der Waals surface area contributed by atoms with Gasteiger partial charge >= 0.3 is 0 Å². The molecule has 0 atom stereocenters. The normalized spacial score (nSPS) is 10.4. The molecule has 9 heteroatoms. The van der Waals surface area contributed by atoms with E-state index in [1.165, 1.54) is 54.5 Å². The van der Waals surface area contributed by atoms with Crippen LogP contribution in [0.15, 0.2) is 47.4 Å². The van der Waals surface area contributed by atoms with E-state index in [9.17, 15) is 18.0 Å². The first-order valence-corrected chi connectivity index (χ1v) is 10.3. The topological polar surface area (TPSA) is 92.8 Å². The lowest BCUT2D eigenvalue weighted by molar-refractivity contribution is 0.0795. The number of carbonyl (C=O) groups is 2. The molecule has 0 spiro atoms. The summed E-state index contributed by atoms with van der Waals surface area (Å²) in [6, 6.07) is 9.25. The van der Waals surface area contributed by atoms with E-state index in [1.807, 2.05) is 4.72 Å². The SMILES string of the molecule is C#CCN(CC#C)C(=O)c1ccc(S(=O)(=O)NC(=O)c2cc(Cl)ccc2OC)cc1. The maximum Gasteiger partial charge on any atom is 0.268 e. The second kappa shape index (κ2) is 9.84. The fourth-order valence-electron chi connectivity index (χ4n) is 2.47. The van der Waals surface area contributed by atoms with Crippen LogP contribution < -0.4 is 9.46 Å². The third-order valence-corrected chi connectivity index (χ3v) is 5.48. The smallest absolute Gasteiger partial charge is 0.268 e. The van der Waals surface area contributed by atoms with Crippen LogP contribution in [0.3, 0.4) is 0 Å². The van der Waals surface area contributed by atoms with Crippen molar-refractivity contribution >= 4 is 33.4 Å². The number of sulfonamides is 1. The third-order valence-electron chi connectivity index (χ3n) is 3.90. The summed E-state index contributed by atoms with van der Waals surface area (Å²) < 4.78 is 32.1. The number of methoxy groups -OCH3 is 1. The predicted octanol–water partition coefficient (Wildman–Crippen LogP) is 2.18. The number of ether oxygens (including phenoxy) is 1. The van der Waals surface area contributed by atoms with Crippen molar-refractivity contribution in [3.8, 4) is 30.4 Å². The van der Waals surface area contributed by atoms with E-state index in [1.54, 1.807) is 0 Å². The molecule has 154 valence electrons. The highest BCUT2D eigenvalue weighted by atomic mass is 35.5. The molecular weight excluding hydrogens is 428 g/mol. The van der Waals surface area contributed by atoms with Gasteiger partial charge in [0.05, 0.1) is 30.7 Å². The third kappa shape index (κ3) is 5.32. The van der Waals surface area contributed by atoms with Gasteiger partial charge in [-0.15, -0.1) is 12.8 Å². The van der Waals surface area contributed by atoms with Crippen molar-refractivity contribution in [1.29, 1.82) is 0 Å². The monoisotopic (exact) mass is 444 g/mol. The molecule has 0 heterocycles. The number of benzene rings is 2. The minimum Gasteiger partial charge on any atom is -0.496 e. The fourth-order valence-corrected chi connectivity index (χ4v) is 3.61. The summed E-state index contributed by atoms with van der Waals surface area (Å²) in [6.45, 7) is 0.0290. The fraction of sp³-hybridized carbons (Fsp3) is 0.143. The lowest BCUT2D eigenvalue weighted by atomic mass is 10.2. The number of amides is 2. The van der Waals surface area contributed by atoms with Crippen LogP contribution in [-0.2, 0) is 10.0 Å². The van der Waals surface area contributed by atoms with E-state index in [0.29, 0.717) is 0 Å². The first kappa shape index (κ1) is 22.8. The minimum absolute atomic E-state index is 0.0145. The van der Waals surface area contributed by atoms with Crippen molar-refractivity contribution in [1.82, 2.24) is 9.62 Å². The zero-order chi connectivity index (χ0) is 22.3. The van der Waals surface area contributed by atoms with Crippen LogP contribution in [0.5, 0.6) is 5.75 Å². The van der Waals surface area contributed by atoms with Crippen molar-refractivity contribution in [2.24, 2.45) is 0 Å². The number of halogens is 1. The van der Waals surface area contributed by atoms with Crippen LogP contribution in [0, 0.1) is 24.7 Å². The van der Waals surface area contributed by atoms with Gasteiger partial charge in [0, 0.05) is 10.6 Å². The summed E-state index contributed by atoms with van der Waals surface area (Å²) in [4.78, 5) is 25.9. The molecule has 2 amide bonds. The lowest BCUT2D eigenvalue weighted by Gasteiger charge is -2.17. The molecule has 0 radical (unpaired) electrons. The van der Waals surface area contributed by atoms with Gasteiger partial charge in [0.25, 0.3) is 21.8 Å². The zero-order valence-corrected chi connectivity index (χ0v) is 17.5. The Labute approximate surface area is 180 Å². The standard InChI is InChI=1S/C21H17ClN2O5S/c1-4-12-24(13-5-2)21(26)15-6-9-17(10-7-15)30(27,28)23-20(25)18-14-16(22)8-11-19(18)29-3/h1-2,6-11,14H,12-13H2,3H3,(H,23,25). The Bertz CT molecular complexity index is 1130. The van der Waals surface area contributed by atoms with Gasteiger partial charge in [0.15, 0.2) is 0 Å². The Morgan fingerprint density at radius 1 is 1.10 bits per heavy atom. The molecular formula is C21H17ClN2O5S. The number of hydrogen-bond acceptors (Lipinski definition) is 5. The van der Waals surface area contributed by atoms with Gasteiger partial charge in [-0.25, -0.2) is 13.1 Å². The van der Waals surface area contributed by atoms with E-state index >= 15 is 0 Å². The first-order chi connectivity index (χ1) is 14.2. The van der Waals surface area contributed by atoms with Gasteiger partial charge in [-0.2, -0.15) is 0 Å². The van der Waals surface area contributed by atoms with Gasteiger partial charge in [-0.1, -0.05) is 23.4 Å². The molecule has 0 bridgehead atoms. The number of terminal acetylenes is 2. The maximum atomic E-state index is 12.6. The summed E-state index contributed by atoms with van der Waals surface area (Å²) in [5.74, 6) is 3.48. The molecule has 0 fully saturated rings. The largest absolute Gasteiger partial charge is 0.496 e. The zero-order valence-electron chi connectivity index (χ0n) is 15.9. The lowest BCUT2D eigenvalue weighted by Crippen LogP contribution is -2.32. The molecule has 0 aliphatic rings. The van der Waals surface area contributed by atoms with E-state index in [2.05, 4.69) is 11.8 Å². The van der Waals surface area contributed by atoms with Crippen LogP contribution in [0.1, 0.15) is 20.7 Å². The summed E-state index contributed by atoms with van der Waals surface area (Å²) in [6.07, 6.45) is 10.5. The molecule has 0 aliphatic heterocycles. The van der Waals surface area contributed by atoms with Crippen LogP contribution >= 0.6 is 11.6 Å². The second-order valence-electron chi connectivity index (χ2n) is 5.87. The number of hydrogen-bond donors (Lipinski definition) is 1. The van der Waals surface area contributed by atoms with E-state index < -0.39 is 21.8 Å². The molecule has 0 saturated carbocycles. The van der Waals surface area contributed by atoms with Gasteiger partial charge in [-0.05, 0) is 42.5 Å². The summed E-state index contributed by atoms with van der Waals surface area (Å²) in [5, 5.41) is 0.240. The Morgan fingerprint density at radius 2 is 1.70 bits per heavy atom. The summed E-state index contributed by atoms with van der Waals surface area (Å²) in [7, 11) is -2.88. The molecule has 0 aromatic heterocycles. The molecule has 2 rings (SSSR count). The van der Waals surface area contributed by atoms with Gasteiger partial charge in [0.1, 0.15) is 5.75 Å². The summed E-state index contributed by atoms with van der Waals surface area (Å²) in [5.41, 5.74) is 0.155. The molecule has 2 aromatic carbocycles. The van der Waals surface area contributed by atoms with Gasteiger partial charge in [0.2, 0.25) is 0 Å². The van der Waals surface area contributed by atoms with Crippen LogP contribution in [-0.4, -0.2) is 45.3 Å². The first-order valence-electron chi connectivity index (χ1n) is 8.40. The average molecular weight is 445 g/mol. The molecule has 0 aliphatic carbocycles. The minimum atomic E-state index is -4.22. The number of nitrogens with one attached hydrogen (secondary N) is 1. The molecule has 7 nitrogen and oxygen atoms in total. The highest BCUT2D eigenvalue weighted by molar-refractivity contribution is 7.90. The second-order valence-corrected chi connectivity index (χ2v) is 7.99. The quantitative estimate of drug-likeness (QED) is 0.661. The average Bonchev–Trinajstić information content (AvgIpc) is 2.72. The molecule has 0 saturated heterocycles. The van der Waals surface area contributed by atoms with Crippen molar-refractivity contribution in [2.75, 3.05) is 20.2 Å². The van der Waals surface area contributed by atoms with Crippen LogP contribution in [0.2, 0.25) is 5.02 Å². The Balaban J connectivity index is 2.24. The van der Waals surface area contributed by atoms with E-state index in [0.717, 1.165) is 0 Å². The molecule has 30 heavy (non-hydrogen) atoms. The van der Waals surface area contributed by atoms with Crippen molar-refractivity contribution in [2.45, 2.75) is 4.90 Å². The van der Waals surface area contributed by atoms with Crippen molar-refractivity contribution < 1.29 is 22.7 Å². The predicted molar refractivity (Wildman–Crippen MR) is 113 cm³/mol. The Hall–Kier alpha value is -3.46. The highest BCUT2D eigenvalue weighted by Crippen LogP contribution is 2.23. The Morgan fingerprint density at radius 3 is 2.23 bits per heavy atom. The summed E-state index contributed by atoms with van der Waals surface area (Å²) >= 11 is 5.88. The van der Waals surface area contributed by atoms with Crippen LogP contribution in [0.25, 0.3) is 0 Å². The molecule has 1 N–H and O–H groups in total. The van der Waals surface area contributed by atoms with Crippen LogP contribution in [0.4, 0.5) is 0 Å². The molecule has 0 unspecified atom stereocenters. The van der Waals surface area contributed by atoms with Crippen molar-refractivity contribution in [3.63, 3.8) is 0 Å². The maximum absolute atomic E-state index is 12.6. The number of rotatable bonds is 7. The highest BCUT2D eigenvalue weighted by Gasteiger charge is 2.22. The van der Waals surface area contributed by atoms with Crippen molar-refractivity contribution in [3.05, 3.63) is 58.6 Å². The Kier molecular flexibility index (Phi) is 7.48. The molecule has 2 aromatic rings. The van der Waals surface area contributed by atoms with Gasteiger partial charge in [-0.3, -0.25) is 9.59 Å². The number of carbonyl (C=O) groups excluding carboxylic acids is 2. The van der Waals surface area contributed by atoms with E-state index in [-0.39, 0.29) is 39.9 Å².